The van der Waals surface area contributed by atoms with Crippen molar-refractivity contribution >= 4 is 11.8 Å². The zero-order valence-electron chi connectivity index (χ0n) is 14.5. The van der Waals surface area contributed by atoms with E-state index in [2.05, 4.69) is 0 Å². The van der Waals surface area contributed by atoms with Crippen molar-refractivity contribution in [3.63, 3.8) is 0 Å². The van der Waals surface area contributed by atoms with Crippen LogP contribution < -0.4 is 9.47 Å². The molecule has 1 aliphatic rings. The molecule has 5 heteroatoms. The highest BCUT2D eigenvalue weighted by Crippen LogP contribution is 2.31. The minimum Gasteiger partial charge on any atom is -0.486 e. The van der Waals surface area contributed by atoms with Gasteiger partial charge in [0.05, 0.1) is 5.56 Å². The van der Waals surface area contributed by atoms with Crippen LogP contribution in [0.2, 0.25) is 0 Å². The Bertz CT molecular complexity index is 825. The number of hydrogen-bond donors (Lipinski definition) is 0. The number of fused-ring (bicyclic) bond motifs is 1. The third-order valence-electron chi connectivity index (χ3n) is 4.22. The van der Waals surface area contributed by atoms with Gasteiger partial charge in [-0.1, -0.05) is 12.1 Å². The molecule has 2 aromatic rings. The quantitative estimate of drug-likeness (QED) is 0.630. The average Bonchev–Trinajstić information content (AvgIpc) is 2.62. The maximum atomic E-state index is 12.5. The van der Waals surface area contributed by atoms with Crippen molar-refractivity contribution in [3.05, 3.63) is 58.7 Å². The molecule has 0 aliphatic carbocycles. The molecule has 3 rings (SSSR count). The molecule has 130 valence electrons. The normalized spacial score (nSPS) is 13.9. The fourth-order valence-corrected chi connectivity index (χ4v) is 2.58. The molecule has 0 aromatic heterocycles. The molecule has 0 N–H and O–H groups in total. The molecule has 0 amide bonds. The van der Waals surface area contributed by atoms with E-state index in [1.807, 2.05) is 26.0 Å². The van der Waals surface area contributed by atoms with Crippen molar-refractivity contribution in [1.82, 2.24) is 0 Å². The highest BCUT2D eigenvalue weighted by atomic mass is 16.6. The summed E-state index contributed by atoms with van der Waals surface area (Å²) in [5.41, 5.74) is 2.99. The summed E-state index contributed by atoms with van der Waals surface area (Å²) in [5, 5.41) is 0. The van der Waals surface area contributed by atoms with Crippen LogP contribution in [0, 0.1) is 13.8 Å². The number of benzene rings is 2. The Labute approximate surface area is 146 Å². The number of ketones is 1. The molecular formula is C20H20O5. The largest absolute Gasteiger partial charge is 0.486 e. The molecule has 0 radical (unpaired) electrons. The first-order valence-electron chi connectivity index (χ1n) is 8.18. The van der Waals surface area contributed by atoms with Crippen LogP contribution in [0.15, 0.2) is 36.4 Å². The van der Waals surface area contributed by atoms with Crippen LogP contribution in [0.3, 0.4) is 0 Å². The summed E-state index contributed by atoms with van der Waals surface area (Å²) in [6.45, 7) is 6.42. The summed E-state index contributed by atoms with van der Waals surface area (Å²) >= 11 is 0. The van der Waals surface area contributed by atoms with E-state index >= 15 is 0 Å². The van der Waals surface area contributed by atoms with Crippen LogP contribution in [0.5, 0.6) is 11.5 Å². The van der Waals surface area contributed by atoms with Crippen molar-refractivity contribution in [2.45, 2.75) is 26.9 Å². The highest BCUT2D eigenvalue weighted by molar-refractivity contribution is 6.01. The molecular weight excluding hydrogens is 320 g/mol. The second kappa shape index (κ2) is 6.97. The lowest BCUT2D eigenvalue weighted by molar-refractivity contribution is 0.0318. The van der Waals surface area contributed by atoms with Gasteiger partial charge in [0, 0.05) is 5.56 Å². The molecule has 0 unspecified atom stereocenters. The van der Waals surface area contributed by atoms with E-state index in [-0.39, 0.29) is 5.78 Å². The first kappa shape index (κ1) is 17.0. The molecule has 0 spiro atoms. The Morgan fingerprint density at radius 1 is 0.920 bits per heavy atom. The number of esters is 1. The summed E-state index contributed by atoms with van der Waals surface area (Å²) in [4.78, 5) is 24.8. The van der Waals surface area contributed by atoms with Gasteiger partial charge >= 0.3 is 5.97 Å². The fraction of sp³-hybridized carbons (Fsp3) is 0.300. The van der Waals surface area contributed by atoms with Gasteiger partial charge in [-0.2, -0.15) is 0 Å². The molecule has 0 saturated heterocycles. The lowest BCUT2D eigenvalue weighted by atomic mass is 10.0. The average molecular weight is 340 g/mol. The van der Waals surface area contributed by atoms with Crippen molar-refractivity contribution in [3.8, 4) is 11.5 Å². The van der Waals surface area contributed by atoms with Gasteiger partial charge in [-0.05, 0) is 56.2 Å². The Morgan fingerprint density at radius 2 is 1.60 bits per heavy atom. The fourth-order valence-electron chi connectivity index (χ4n) is 2.58. The molecule has 0 fully saturated rings. The number of hydrogen-bond acceptors (Lipinski definition) is 5. The van der Waals surface area contributed by atoms with Crippen LogP contribution in [-0.4, -0.2) is 31.1 Å². The number of Topliss-reactive ketones (excluding diaryl/α,β-unsaturated/α-hetero) is 1. The van der Waals surface area contributed by atoms with Crippen molar-refractivity contribution in [2.24, 2.45) is 0 Å². The first-order chi connectivity index (χ1) is 12.0. The van der Waals surface area contributed by atoms with E-state index in [0.717, 1.165) is 11.1 Å². The lowest BCUT2D eigenvalue weighted by Gasteiger charge is -2.19. The Kier molecular flexibility index (Phi) is 4.74. The monoisotopic (exact) mass is 340 g/mol. The molecule has 2 aromatic carbocycles. The second-order valence-corrected chi connectivity index (χ2v) is 6.07. The predicted octanol–water partition coefficient (Wildman–Crippen LogP) is 3.50. The van der Waals surface area contributed by atoms with E-state index in [1.165, 1.54) is 0 Å². The molecule has 1 heterocycles. The van der Waals surface area contributed by atoms with E-state index in [9.17, 15) is 9.59 Å². The van der Waals surface area contributed by atoms with E-state index in [4.69, 9.17) is 14.2 Å². The van der Waals surface area contributed by atoms with Gasteiger partial charge in [0.25, 0.3) is 0 Å². The maximum Gasteiger partial charge on any atom is 0.338 e. The van der Waals surface area contributed by atoms with Crippen molar-refractivity contribution in [1.29, 1.82) is 0 Å². The standard InChI is InChI=1S/C20H20O5/c1-12-4-5-15(10-13(12)2)19(21)14(3)25-20(22)16-6-7-17-18(11-16)24-9-8-23-17/h4-7,10-11,14H,8-9H2,1-3H3/t14-/m1/s1. The zero-order valence-corrected chi connectivity index (χ0v) is 14.5. The van der Waals surface area contributed by atoms with Gasteiger partial charge in [-0.3, -0.25) is 4.79 Å². The summed E-state index contributed by atoms with van der Waals surface area (Å²) in [7, 11) is 0. The molecule has 0 saturated carbocycles. The topological polar surface area (TPSA) is 61.8 Å². The summed E-state index contributed by atoms with van der Waals surface area (Å²) in [6.07, 6.45) is -0.872. The van der Waals surface area contributed by atoms with Gasteiger partial charge in [0.2, 0.25) is 5.78 Å². The number of carbonyl (C=O) groups excluding carboxylic acids is 2. The predicted molar refractivity (Wildman–Crippen MR) is 92.6 cm³/mol. The van der Waals surface area contributed by atoms with Gasteiger partial charge in [0.1, 0.15) is 13.2 Å². The van der Waals surface area contributed by atoms with Gasteiger partial charge in [0.15, 0.2) is 17.6 Å². The van der Waals surface area contributed by atoms with Crippen molar-refractivity contribution < 1.29 is 23.8 Å². The molecule has 0 bridgehead atoms. The highest BCUT2D eigenvalue weighted by Gasteiger charge is 2.22. The molecule has 5 nitrogen and oxygen atoms in total. The first-order valence-corrected chi connectivity index (χ1v) is 8.18. The van der Waals surface area contributed by atoms with E-state index in [0.29, 0.717) is 35.8 Å². The second-order valence-electron chi connectivity index (χ2n) is 6.07. The number of ether oxygens (including phenoxy) is 3. The van der Waals surface area contributed by atoms with Crippen LogP contribution >= 0.6 is 0 Å². The Balaban J connectivity index is 1.71. The molecule has 1 atom stereocenters. The number of rotatable bonds is 4. The maximum absolute atomic E-state index is 12.5. The molecule has 25 heavy (non-hydrogen) atoms. The van der Waals surface area contributed by atoms with Gasteiger partial charge < -0.3 is 14.2 Å². The molecule has 1 aliphatic heterocycles. The van der Waals surface area contributed by atoms with Crippen molar-refractivity contribution in [2.75, 3.05) is 13.2 Å². The van der Waals surface area contributed by atoms with Crippen LogP contribution in [-0.2, 0) is 4.74 Å². The Hall–Kier alpha value is -2.82. The lowest BCUT2D eigenvalue weighted by Crippen LogP contribution is -2.24. The summed E-state index contributed by atoms with van der Waals surface area (Å²) < 4.78 is 16.2. The zero-order chi connectivity index (χ0) is 18.0. The third-order valence-corrected chi connectivity index (χ3v) is 4.22. The minimum atomic E-state index is -0.872. The third kappa shape index (κ3) is 3.65. The summed E-state index contributed by atoms with van der Waals surface area (Å²) in [6, 6.07) is 10.3. The minimum absolute atomic E-state index is 0.228. The van der Waals surface area contributed by atoms with Gasteiger partial charge in [-0.15, -0.1) is 0 Å². The van der Waals surface area contributed by atoms with E-state index in [1.54, 1.807) is 31.2 Å². The van der Waals surface area contributed by atoms with E-state index < -0.39 is 12.1 Å². The van der Waals surface area contributed by atoms with Crippen LogP contribution in [0.1, 0.15) is 38.8 Å². The smallest absolute Gasteiger partial charge is 0.338 e. The number of carbonyl (C=O) groups is 2. The van der Waals surface area contributed by atoms with Gasteiger partial charge in [-0.25, -0.2) is 4.79 Å². The SMILES string of the molecule is Cc1ccc(C(=O)[C@@H](C)OC(=O)c2ccc3c(c2)OCCO3)cc1C. The Morgan fingerprint density at radius 3 is 2.32 bits per heavy atom. The summed E-state index contributed by atoms with van der Waals surface area (Å²) in [5.74, 6) is 0.312. The van der Waals surface area contributed by atoms with Crippen LogP contribution in [0.25, 0.3) is 0 Å². The van der Waals surface area contributed by atoms with Crippen LogP contribution in [0.4, 0.5) is 0 Å². The number of aryl methyl sites for hydroxylation is 2.